The first kappa shape index (κ1) is 39.8. The van der Waals surface area contributed by atoms with E-state index >= 15 is 0 Å². The summed E-state index contributed by atoms with van der Waals surface area (Å²) >= 11 is 3.42. The Labute approximate surface area is 349 Å². The third-order valence-corrected chi connectivity index (χ3v) is 13.4. The molecule has 0 unspecified atom stereocenters. The number of likely N-dealkylation sites (tertiary alicyclic amines) is 2. The van der Waals surface area contributed by atoms with Crippen LogP contribution in [-0.2, 0) is 19.1 Å². The molecule has 6 aromatic rings. The largest absolute Gasteiger partial charge is 0.453 e. The van der Waals surface area contributed by atoms with Gasteiger partial charge < -0.3 is 39.9 Å². The number of methoxy groups -OCH3 is 2. The number of benzene rings is 2. The average molecular weight is 835 g/mol. The van der Waals surface area contributed by atoms with Crippen LogP contribution in [0.15, 0.2) is 79.1 Å². The number of hydrogen-bond acceptors (Lipinski definition) is 10. The van der Waals surface area contributed by atoms with Crippen LogP contribution in [-0.4, -0.2) is 87.1 Å². The monoisotopic (exact) mass is 834 g/mol. The summed E-state index contributed by atoms with van der Waals surface area (Å²) in [6.07, 6.45) is 5.58. The third-order valence-electron chi connectivity index (χ3n) is 11.1. The predicted molar refractivity (Wildman–Crippen MR) is 227 cm³/mol. The number of nitrogens with zero attached hydrogens (tertiary/aromatic N) is 4. The number of alkyl carbamates (subject to hydrolysis) is 2. The minimum atomic E-state index is -0.874. The van der Waals surface area contributed by atoms with Crippen LogP contribution >= 0.6 is 22.7 Å². The lowest BCUT2D eigenvalue weighted by atomic mass is 10.0. The number of amides is 4. The fraction of sp³-hybridized carbons (Fsp3) is 0.349. The van der Waals surface area contributed by atoms with Crippen LogP contribution in [0.5, 0.6) is 0 Å². The number of aromatic amines is 2. The molecule has 0 saturated carbocycles. The number of rotatable bonds is 11. The minimum Gasteiger partial charge on any atom is -0.453 e. The fourth-order valence-corrected chi connectivity index (χ4v) is 10.4. The Bertz CT molecular complexity index is 2420. The van der Waals surface area contributed by atoms with Gasteiger partial charge in [0.05, 0.1) is 55.0 Å². The molecule has 2 aliphatic rings. The molecule has 2 aromatic carbocycles. The van der Waals surface area contributed by atoms with E-state index in [1.807, 2.05) is 61.5 Å². The topological polar surface area (TPSA) is 175 Å². The molecule has 4 amide bonds. The predicted octanol–water partition coefficient (Wildman–Crippen LogP) is 8.21. The number of nitrogens with one attached hydrogen (secondary N) is 4. The average Bonchev–Trinajstić information content (AvgIpc) is 4.10. The van der Waals surface area contributed by atoms with E-state index in [0.717, 1.165) is 69.6 Å². The van der Waals surface area contributed by atoms with Gasteiger partial charge in [-0.15, -0.1) is 22.7 Å². The van der Waals surface area contributed by atoms with Crippen LogP contribution in [0.25, 0.3) is 41.7 Å². The van der Waals surface area contributed by atoms with Gasteiger partial charge in [-0.05, 0) is 60.4 Å². The van der Waals surface area contributed by atoms with E-state index in [1.165, 1.54) is 23.6 Å². The molecule has 4 aromatic heterocycles. The second kappa shape index (κ2) is 17.1. The van der Waals surface area contributed by atoms with E-state index in [9.17, 15) is 19.2 Å². The summed E-state index contributed by atoms with van der Waals surface area (Å²) in [6, 6.07) is 20.0. The fourth-order valence-electron chi connectivity index (χ4n) is 7.99. The minimum absolute atomic E-state index is 0.104. The summed E-state index contributed by atoms with van der Waals surface area (Å²) in [4.78, 5) is 73.9. The van der Waals surface area contributed by atoms with Gasteiger partial charge in [0.2, 0.25) is 5.91 Å². The molecule has 2 aliphatic heterocycles. The Balaban J connectivity index is 0.936. The van der Waals surface area contributed by atoms with Crippen molar-refractivity contribution >= 4 is 56.1 Å². The number of H-pyrrole nitrogens is 2. The highest BCUT2D eigenvalue weighted by Gasteiger charge is 2.39. The van der Waals surface area contributed by atoms with Crippen LogP contribution in [0, 0.1) is 5.92 Å². The Morgan fingerprint density at radius 2 is 1.25 bits per heavy atom. The van der Waals surface area contributed by atoms with Gasteiger partial charge in [0.25, 0.3) is 5.91 Å². The summed E-state index contributed by atoms with van der Waals surface area (Å²) < 4.78 is 11.9. The van der Waals surface area contributed by atoms with Gasteiger partial charge >= 0.3 is 12.2 Å². The van der Waals surface area contributed by atoms with Gasteiger partial charge in [0, 0.05) is 27.4 Å². The number of ether oxygens (including phenoxy) is 2. The van der Waals surface area contributed by atoms with E-state index in [0.29, 0.717) is 18.7 Å². The smallest absolute Gasteiger partial charge is 0.407 e. The zero-order chi connectivity index (χ0) is 41.2. The molecule has 2 saturated heterocycles. The molecule has 0 bridgehead atoms. The molecule has 2 fully saturated rings. The second-order valence-corrected chi connectivity index (χ2v) is 17.3. The highest BCUT2D eigenvalue weighted by molar-refractivity contribution is 7.31. The Morgan fingerprint density at radius 3 is 1.88 bits per heavy atom. The third kappa shape index (κ3) is 8.19. The molecular formula is C43H46N8O6S2. The number of thiophene rings is 2. The first-order valence-electron chi connectivity index (χ1n) is 19.7. The number of carbonyl (C=O) groups excluding carboxylic acids is 4. The zero-order valence-corrected chi connectivity index (χ0v) is 34.8. The van der Waals surface area contributed by atoms with Gasteiger partial charge in [0.15, 0.2) is 0 Å². The zero-order valence-electron chi connectivity index (χ0n) is 33.2. The Morgan fingerprint density at radius 1 is 0.712 bits per heavy atom. The van der Waals surface area contributed by atoms with Crippen molar-refractivity contribution in [3.8, 4) is 32.3 Å². The maximum absolute atomic E-state index is 13.9. The van der Waals surface area contributed by atoms with Crippen LogP contribution in [0.1, 0.15) is 74.9 Å². The number of imidazole rings is 2. The SMILES string of the molecule is COC(=O)N[C@H](C(=O)N1CCC[C@H]1c1ncc(-c2ccc(-c3cc4sc(-c5cnc([C@@H]6CCCN6C(=O)[C@H](NC(=O)OC)c6ccccc6)[nH]5)cc4s3)cc2)[nH]1)C(C)C. The maximum Gasteiger partial charge on any atom is 0.407 e. The molecule has 16 heteroatoms. The van der Waals surface area contributed by atoms with Crippen LogP contribution < -0.4 is 10.6 Å². The lowest BCUT2D eigenvalue weighted by molar-refractivity contribution is -0.135. The molecule has 306 valence electrons. The van der Waals surface area contributed by atoms with Crippen molar-refractivity contribution in [3.63, 3.8) is 0 Å². The number of hydrogen-bond donors (Lipinski definition) is 4. The molecule has 6 heterocycles. The van der Waals surface area contributed by atoms with Gasteiger partial charge in [-0.2, -0.15) is 0 Å². The molecule has 14 nitrogen and oxygen atoms in total. The van der Waals surface area contributed by atoms with Gasteiger partial charge in [-0.25, -0.2) is 19.6 Å². The van der Waals surface area contributed by atoms with Crippen LogP contribution in [0.2, 0.25) is 0 Å². The molecule has 0 spiro atoms. The van der Waals surface area contributed by atoms with Crippen LogP contribution in [0.4, 0.5) is 9.59 Å². The van der Waals surface area contributed by atoms with E-state index in [-0.39, 0.29) is 29.8 Å². The Kier molecular flexibility index (Phi) is 11.5. The molecule has 0 aliphatic carbocycles. The van der Waals surface area contributed by atoms with Crippen molar-refractivity contribution in [1.82, 2.24) is 40.4 Å². The lowest BCUT2D eigenvalue weighted by Crippen LogP contribution is -2.51. The molecule has 4 N–H and O–H groups in total. The summed E-state index contributed by atoms with van der Waals surface area (Å²) in [6.45, 7) is 4.96. The summed E-state index contributed by atoms with van der Waals surface area (Å²) in [5.41, 5.74) is 4.55. The molecule has 8 rings (SSSR count). The molecule has 59 heavy (non-hydrogen) atoms. The van der Waals surface area contributed by atoms with E-state index < -0.39 is 24.3 Å². The highest BCUT2D eigenvalue weighted by atomic mass is 32.1. The quantitative estimate of drug-likeness (QED) is 0.101. The molecule has 0 radical (unpaired) electrons. The van der Waals surface area contributed by atoms with Gasteiger partial charge in [-0.3, -0.25) is 9.59 Å². The summed E-state index contributed by atoms with van der Waals surface area (Å²) in [7, 11) is 2.58. The maximum atomic E-state index is 13.9. The van der Waals surface area contributed by atoms with Crippen molar-refractivity contribution in [2.45, 2.75) is 63.7 Å². The Hall–Kier alpha value is -6.00. The van der Waals surface area contributed by atoms with E-state index in [1.54, 1.807) is 27.6 Å². The van der Waals surface area contributed by atoms with E-state index in [2.05, 4.69) is 62.0 Å². The van der Waals surface area contributed by atoms with Crippen molar-refractivity contribution in [1.29, 1.82) is 0 Å². The van der Waals surface area contributed by atoms with Crippen molar-refractivity contribution in [3.05, 3.63) is 96.3 Å². The van der Waals surface area contributed by atoms with Gasteiger partial charge in [0.1, 0.15) is 23.7 Å². The van der Waals surface area contributed by atoms with E-state index in [4.69, 9.17) is 14.5 Å². The number of aromatic nitrogens is 4. The first-order valence-corrected chi connectivity index (χ1v) is 21.3. The summed E-state index contributed by atoms with van der Waals surface area (Å²) in [5.74, 6) is 1.01. The number of carbonyl (C=O) groups is 4. The van der Waals surface area contributed by atoms with Crippen molar-refractivity contribution in [2.24, 2.45) is 5.92 Å². The number of fused-ring (bicyclic) bond motifs is 1. The van der Waals surface area contributed by atoms with Crippen LogP contribution in [0.3, 0.4) is 0 Å². The molecule has 4 atom stereocenters. The van der Waals surface area contributed by atoms with Crippen molar-refractivity contribution in [2.75, 3.05) is 27.3 Å². The normalized spacial score (nSPS) is 17.6. The first-order chi connectivity index (χ1) is 28.6. The van der Waals surface area contributed by atoms with Crippen molar-refractivity contribution < 1.29 is 28.7 Å². The van der Waals surface area contributed by atoms with Gasteiger partial charge in [-0.1, -0.05) is 68.4 Å². The lowest BCUT2D eigenvalue weighted by Gasteiger charge is -2.30. The molecular weight excluding hydrogens is 789 g/mol. The second-order valence-electron chi connectivity index (χ2n) is 15.1. The highest BCUT2D eigenvalue weighted by Crippen LogP contribution is 2.43. The standard InChI is InChI=1S/C43H46N8O6S2/c1-24(2)36(48-42(54)56-3)40(52)50-18-8-12-30(50)38-44-22-28(46-38)25-14-16-26(17-15-25)32-20-34-35(58-32)21-33(59-34)29-23-45-39(47-29)31-13-9-19-51(31)41(53)37(49-43(55)57-4)27-10-6-5-7-11-27/h5-7,10-11,14-17,20-24,30-31,36-37H,8-9,12-13,18-19H2,1-4H3,(H,44,46)(H,45,47)(H,48,54)(H,49,55)/t30-,31-,36-,37+/m0/s1. The summed E-state index contributed by atoms with van der Waals surface area (Å²) in [5, 5.41) is 5.42.